The summed E-state index contributed by atoms with van der Waals surface area (Å²) >= 11 is 0. The van der Waals surface area contributed by atoms with E-state index in [0.717, 1.165) is 29.9 Å². The van der Waals surface area contributed by atoms with Crippen LogP contribution in [0, 0.1) is 0 Å². The molecule has 1 nitrogen and oxygen atoms in total. The van der Waals surface area contributed by atoms with Crippen molar-refractivity contribution in [1.29, 1.82) is 0 Å². The van der Waals surface area contributed by atoms with Crippen molar-refractivity contribution in [2.24, 2.45) is 0 Å². The maximum absolute atomic E-state index is 2.51. The maximum Gasteiger partial charge on any atom is 0.0726 e. The third-order valence-corrected chi connectivity index (χ3v) is 16.3. The van der Waals surface area contributed by atoms with Crippen molar-refractivity contribution in [2.75, 3.05) is 4.90 Å². The van der Waals surface area contributed by atoms with Gasteiger partial charge in [0.05, 0.1) is 5.41 Å². The summed E-state index contributed by atoms with van der Waals surface area (Å²) in [5, 5.41) is 2.51. The van der Waals surface area contributed by atoms with E-state index in [1.165, 1.54) is 111 Å². The van der Waals surface area contributed by atoms with Crippen LogP contribution in [0.15, 0.2) is 249 Å². The van der Waals surface area contributed by atoms with Crippen molar-refractivity contribution in [3.8, 4) is 55.6 Å². The van der Waals surface area contributed by atoms with Gasteiger partial charge in [-0.15, -0.1) is 0 Å². The largest absolute Gasteiger partial charge is 0.310 e. The van der Waals surface area contributed by atoms with E-state index in [1.807, 2.05) is 0 Å². The van der Waals surface area contributed by atoms with Crippen LogP contribution in [-0.2, 0) is 23.7 Å². The Labute approximate surface area is 403 Å². The lowest BCUT2D eigenvalue weighted by Crippen LogP contribution is -2.26. The molecular weight excluding hydrogens is 831 g/mol. The lowest BCUT2D eigenvalue weighted by atomic mass is 9.70. The highest BCUT2D eigenvalue weighted by Gasteiger charge is 2.52. The molecule has 11 aromatic rings. The Bertz CT molecular complexity index is 3820. The molecule has 0 atom stereocenters. The second-order valence-electron chi connectivity index (χ2n) is 19.6. The van der Waals surface area contributed by atoms with E-state index >= 15 is 0 Å². The Morgan fingerprint density at radius 3 is 1.35 bits per heavy atom. The average molecular weight is 876 g/mol. The van der Waals surface area contributed by atoms with Gasteiger partial charge in [-0.1, -0.05) is 206 Å². The molecule has 0 saturated heterocycles. The predicted molar refractivity (Wildman–Crippen MR) is 286 cm³/mol. The van der Waals surface area contributed by atoms with E-state index in [0.29, 0.717) is 0 Å². The van der Waals surface area contributed by atoms with Crippen LogP contribution in [0.4, 0.5) is 17.1 Å². The molecule has 0 N–H and O–H groups in total. The third-order valence-electron chi connectivity index (χ3n) is 16.3. The standard InChI is InChI=1S/C68H45N/c1-2-16-49-43-67(42-48(49)15-1)61-24-9-5-19-55(61)59-38-32-47(40-65(59)67)44-28-33-50(34-29-44)69(51-35-30-46(31-36-51)54-23-13-17-45-14-3-4-18-53(45)54)52-37-39-60-58-22-8-12-27-64(58)68(66(60)41-52)62-25-10-6-20-56(62)57-21-7-11-26-63(57)68/h1-41H,42-43H2. The van der Waals surface area contributed by atoms with Crippen molar-refractivity contribution in [2.45, 2.75) is 23.7 Å². The normalized spacial score (nSPS) is 14.5. The smallest absolute Gasteiger partial charge is 0.0726 e. The zero-order valence-corrected chi connectivity index (χ0v) is 38.0. The molecule has 0 aromatic heterocycles. The summed E-state index contributed by atoms with van der Waals surface area (Å²) in [7, 11) is 0. The summed E-state index contributed by atoms with van der Waals surface area (Å²) in [5.74, 6) is 0. The minimum atomic E-state index is -0.436. The zero-order chi connectivity index (χ0) is 45.3. The van der Waals surface area contributed by atoms with Gasteiger partial charge >= 0.3 is 0 Å². The van der Waals surface area contributed by atoms with E-state index in [4.69, 9.17) is 0 Å². The van der Waals surface area contributed by atoms with Gasteiger partial charge in [-0.3, -0.25) is 0 Å². The highest BCUT2D eigenvalue weighted by atomic mass is 15.1. The number of anilines is 3. The third kappa shape index (κ3) is 5.36. The van der Waals surface area contributed by atoms with E-state index in [-0.39, 0.29) is 5.41 Å². The maximum atomic E-state index is 2.51. The number of hydrogen-bond acceptors (Lipinski definition) is 1. The summed E-state index contributed by atoms with van der Waals surface area (Å²) in [6.07, 6.45) is 2.07. The van der Waals surface area contributed by atoms with Crippen molar-refractivity contribution >= 4 is 27.8 Å². The van der Waals surface area contributed by atoms with Crippen molar-refractivity contribution in [3.05, 3.63) is 293 Å². The molecule has 0 fully saturated rings. The SMILES string of the molecule is c1ccc2c(c1)CC1(C2)c2ccccc2-c2ccc(-c3ccc(N(c4ccc(-c5cccc6ccccc56)cc4)c4ccc5c(c4)C4(c6ccccc6-c6ccccc64)c4ccccc4-5)cc3)cc21. The highest BCUT2D eigenvalue weighted by Crippen LogP contribution is 2.63. The van der Waals surface area contributed by atoms with Crippen molar-refractivity contribution in [3.63, 3.8) is 0 Å². The molecule has 0 amide bonds. The fourth-order valence-corrected chi connectivity index (χ4v) is 13.4. The second-order valence-corrected chi connectivity index (χ2v) is 19.6. The number of hydrogen-bond donors (Lipinski definition) is 0. The molecule has 15 rings (SSSR count). The molecule has 0 radical (unpaired) electrons. The lowest BCUT2D eigenvalue weighted by Gasteiger charge is -2.32. The lowest BCUT2D eigenvalue weighted by molar-refractivity contribution is 0.564. The summed E-state index contributed by atoms with van der Waals surface area (Å²) in [5.41, 5.74) is 27.0. The Morgan fingerprint density at radius 2 is 0.710 bits per heavy atom. The first-order chi connectivity index (χ1) is 34.2. The Balaban J connectivity index is 0.882. The summed E-state index contributed by atoms with van der Waals surface area (Å²) in [6, 6.07) is 93.7. The van der Waals surface area contributed by atoms with Crippen LogP contribution in [0.5, 0.6) is 0 Å². The number of fused-ring (bicyclic) bond motifs is 17. The van der Waals surface area contributed by atoms with Gasteiger partial charge in [-0.2, -0.15) is 0 Å². The molecule has 4 aliphatic carbocycles. The Hall–Kier alpha value is -8.52. The Kier molecular flexibility index (Phi) is 8.10. The first-order valence-electron chi connectivity index (χ1n) is 24.4. The molecule has 0 saturated carbocycles. The van der Waals surface area contributed by atoms with Gasteiger partial charge in [-0.25, -0.2) is 0 Å². The fraction of sp³-hybridized carbons (Fsp3) is 0.0588. The molecule has 11 aromatic carbocycles. The minimum absolute atomic E-state index is 0.0501. The van der Waals surface area contributed by atoms with Gasteiger partial charge in [0.25, 0.3) is 0 Å². The van der Waals surface area contributed by atoms with Crippen LogP contribution in [0.3, 0.4) is 0 Å². The molecule has 69 heavy (non-hydrogen) atoms. The zero-order valence-electron chi connectivity index (χ0n) is 38.0. The van der Waals surface area contributed by atoms with Crippen LogP contribution in [0.25, 0.3) is 66.4 Å². The van der Waals surface area contributed by atoms with Crippen LogP contribution in [0.1, 0.15) is 44.5 Å². The van der Waals surface area contributed by atoms with E-state index in [1.54, 1.807) is 0 Å². The van der Waals surface area contributed by atoms with Gasteiger partial charge in [0.2, 0.25) is 0 Å². The summed E-state index contributed by atoms with van der Waals surface area (Å²) in [4.78, 5) is 2.46. The number of benzene rings is 11. The predicted octanol–water partition coefficient (Wildman–Crippen LogP) is 17.1. The minimum Gasteiger partial charge on any atom is -0.310 e. The second kappa shape index (κ2) is 14.5. The van der Waals surface area contributed by atoms with Gasteiger partial charge < -0.3 is 4.90 Å². The quantitative estimate of drug-likeness (QED) is 0.167. The van der Waals surface area contributed by atoms with E-state index in [9.17, 15) is 0 Å². The monoisotopic (exact) mass is 875 g/mol. The van der Waals surface area contributed by atoms with Crippen LogP contribution in [-0.4, -0.2) is 0 Å². The molecule has 0 heterocycles. The van der Waals surface area contributed by atoms with Gasteiger partial charge in [0.15, 0.2) is 0 Å². The van der Waals surface area contributed by atoms with Gasteiger partial charge in [-0.05, 0) is 166 Å². The van der Waals surface area contributed by atoms with Crippen molar-refractivity contribution < 1.29 is 0 Å². The van der Waals surface area contributed by atoms with Gasteiger partial charge in [0.1, 0.15) is 0 Å². The highest BCUT2D eigenvalue weighted by molar-refractivity contribution is 5.98. The molecule has 322 valence electrons. The summed E-state index contributed by atoms with van der Waals surface area (Å²) in [6.45, 7) is 0. The average Bonchev–Trinajstić information content (AvgIpc) is 4.13. The van der Waals surface area contributed by atoms with Gasteiger partial charge in [0, 0.05) is 22.5 Å². The van der Waals surface area contributed by atoms with Crippen LogP contribution >= 0.6 is 0 Å². The van der Waals surface area contributed by atoms with E-state index < -0.39 is 5.41 Å². The molecule has 1 heteroatoms. The molecule has 0 bridgehead atoms. The first kappa shape index (κ1) is 38.6. The first-order valence-corrected chi connectivity index (χ1v) is 24.4. The van der Waals surface area contributed by atoms with Crippen LogP contribution in [0.2, 0.25) is 0 Å². The van der Waals surface area contributed by atoms with Crippen LogP contribution < -0.4 is 4.90 Å². The van der Waals surface area contributed by atoms with E-state index in [2.05, 4.69) is 254 Å². The number of nitrogens with zero attached hydrogens (tertiary/aromatic N) is 1. The van der Waals surface area contributed by atoms with Crippen molar-refractivity contribution in [1.82, 2.24) is 0 Å². The molecule has 4 aliphatic rings. The summed E-state index contributed by atoms with van der Waals surface area (Å²) < 4.78 is 0. The molecule has 0 aliphatic heterocycles. The Morgan fingerprint density at radius 1 is 0.275 bits per heavy atom. The molecule has 0 unspecified atom stereocenters. The number of rotatable bonds is 5. The molecular formula is C68H45N. The fourth-order valence-electron chi connectivity index (χ4n) is 13.4. The molecule has 2 spiro atoms. The topological polar surface area (TPSA) is 3.24 Å².